The Labute approximate surface area is 141 Å². The highest BCUT2D eigenvalue weighted by Gasteiger charge is 2.49. The molecule has 3 heterocycles. The Kier molecular flexibility index (Phi) is 3.80. The molecule has 0 unspecified atom stereocenters. The molecule has 2 aromatic rings. The van der Waals surface area contributed by atoms with Gasteiger partial charge in [0.15, 0.2) is 5.17 Å². The molecule has 1 aromatic carbocycles. The maximum absolute atomic E-state index is 14.5. The molecule has 0 saturated carbocycles. The summed E-state index contributed by atoms with van der Waals surface area (Å²) in [7, 11) is 0. The van der Waals surface area contributed by atoms with Crippen LogP contribution in [0.25, 0.3) is 0 Å². The van der Waals surface area contributed by atoms with Crippen molar-refractivity contribution in [1.82, 2.24) is 10.2 Å². The summed E-state index contributed by atoms with van der Waals surface area (Å²) in [5.74, 6) is -0.485. The summed E-state index contributed by atoms with van der Waals surface area (Å²) < 4.78 is 33.8. The van der Waals surface area contributed by atoms with Gasteiger partial charge in [0.1, 0.15) is 17.2 Å². The zero-order valence-corrected chi connectivity index (χ0v) is 13.5. The number of amidine groups is 1. The van der Waals surface area contributed by atoms with Crippen LogP contribution in [-0.2, 0) is 10.3 Å². The maximum atomic E-state index is 14.5. The number of nitrogens with two attached hydrogens (primary N) is 1. The Morgan fingerprint density at radius 1 is 1.38 bits per heavy atom. The summed E-state index contributed by atoms with van der Waals surface area (Å²) >= 11 is 1.46. The number of nitrogens with zero attached hydrogens (tertiary/aromatic N) is 2. The van der Waals surface area contributed by atoms with Crippen LogP contribution in [-0.4, -0.2) is 27.7 Å². The number of halogens is 2. The van der Waals surface area contributed by atoms with E-state index < -0.39 is 17.2 Å². The van der Waals surface area contributed by atoms with E-state index in [1.54, 1.807) is 12.4 Å². The van der Waals surface area contributed by atoms with E-state index in [-0.39, 0.29) is 18.6 Å². The highest BCUT2D eigenvalue weighted by atomic mass is 32.2. The van der Waals surface area contributed by atoms with Crippen molar-refractivity contribution in [3.63, 3.8) is 0 Å². The van der Waals surface area contributed by atoms with Gasteiger partial charge in [0.2, 0.25) is 0 Å². The molecule has 0 amide bonds. The van der Waals surface area contributed by atoms with Crippen molar-refractivity contribution < 1.29 is 13.5 Å². The number of rotatable bonds is 2. The number of fused-ring (bicyclic) bond motifs is 1. The topological polar surface area (TPSA) is 76.3 Å². The SMILES string of the molecule is NC1=N[C@@]2(c3ccc(F)cc3F)CO[C@@H](c3cn[nH]c3)C[C@H]2CS1. The molecule has 0 radical (unpaired) electrons. The van der Waals surface area contributed by atoms with E-state index in [1.807, 2.05) is 0 Å². The minimum Gasteiger partial charge on any atom is -0.379 e. The molecular weight excluding hydrogens is 334 g/mol. The number of hydrogen-bond donors (Lipinski definition) is 2. The van der Waals surface area contributed by atoms with Crippen LogP contribution in [0, 0.1) is 17.6 Å². The Morgan fingerprint density at radius 3 is 3.00 bits per heavy atom. The molecule has 0 aliphatic carbocycles. The van der Waals surface area contributed by atoms with E-state index in [4.69, 9.17) is 10.5 Å². The summed E-state index contributed by atoms with van der Waals surface area (Å²) in [6.45, 7) is 0.192. The number of aromatic nitrogens is 2. The number of benzene rings is 1. The highest BCUT2D eigenvalue weighted by molar-refractivity contribution is 8.13. The van der Waals surface area contributed by atoms with E-state index in [1.165, 1.54) is 23.9 Å². The molecule has 1 saturated heterocycles. The lowest BCUT2D eigenvalue weighted by atomic mass is 9.74. The number of ether oxygens (including phenoxy) is 1. The number of nitrogens with one attached hydrogen (secondary N) is 1. The van der Waals surface area contributed by atoms with Gasteiger partial charge in [-0.3, -0.25) is 5.10 Å². The van der Waals surface area contributed by atoms with Crippen LogP contribution < -0.4 is 5.73 Å². The molecule has 2 aliphatic rings. The van der Waals surface area contributed by atoms with E-state index in [9.17, 15) is 8.78 Å². The monoisotopic (exact) mass is 350 g/mol. The van der Waals surface area contributed by atoms with E-state index in [2.05, 4.69) is 15.2 Å². The smallest absolute Gasteiger partial charge is 0.154 e. The van der Waals surface area contributed by atoms with Gasteiger partial charge in [0.25, 0.3) is 0 Å². The van der Waals surface area contributed by atoms with E-state index in [0.29, 0.717) is 22.9 Å². The Balaban J connectivity index is 1.74. The van der Waals surface area contributed by atoms with Crippen molar-refractivity contribution in [3.05, 3.63) is 53.4 Å². The number of hydrogen-bond acceptors (Lipinski definition) is 5. The zero-order valence-electron chi connectivity index (χ0n) is 12.7. The molecule has 24 heavy (non-hydrogen) atoms. The van der Waals surface area contributed by atoms with Crippen LogP contribution in [0.3, 0.4) is 0 Å². The maximum Gasteiger partial charge on any atom is 0.154 e. The molecule has 5 nitrogen and oxygen atoms in total. The Hall–Kier alpha value is -1.93. The summed E-state index contributed by atoms with van der Waals surface area (Å²) in [6, 6.07) is 3.59. The van der Waals surface area contributed by atoms with Crippen LogP contribution >= 0.6 is 11.8 Å². The normalized spacial score (nSPS) is 29.8. The van der Waals surface area contributed by atoms with Gasteiger partial charge in [-0.15, -0.1) is 0 Å². The van der Waals surface area contributed by atoms with Gasteiger partial charge in [-0.1, -0.05) is 17.8 Å². The number of aromatic amines is 1. The second-order valence-corrected chi connectivity index (χ2v) is 7.11. The van der Waals surface area contributed by atoms with Crippen molar-refractivity contribution >= 4 is 16.9 Å². The molecule has 126 valence electrons. The Morgan fingerprint density at radius 2 is 2.25 bits per heavy atom. The van der Waals surface area contributed by atoms with E-state index >= 15 is 0 Å². The zero-order chi connectivity index (χ0) is 16.7. The Bertz CT molecular complexity index is 782. The van der Waals surface area contributed by atoms with Crippen molar-refractivity contribution in [2.75, 3.05) is 12.4 Å². The molecule has 0 spiro atoms. The molecule has 3 atom stereocenters. The molecule has 1 fully saturated rings. The first-order valence-corrected chi connectivity index (χ1v) is 8.61. The average molecular weight is 350 g/mol. The van der Waals surface area contributed by atoms with Crippen LogP contribution in [0.2, 0.25) is 0 Å². The third-order valence-electron chi connectivity index (χ3n) is 4.71. The lowest BCUT2D eigenvalue weighted by molar-refractivity contribution is -0.0587. The van der Waals surface area contributed by atoms with Gasteiger partial charge in [-0.25, -0.2) is 13.8 Å². The average Bonchev–Trinajstić information content (AvgIpc) is 3.08. The van der Waals surface area contributed by atoms with E-state index in [0.717, 1.165) is 11.6 Å². The van der Waals surface area contributed by atoms with Gasteiger partial charge in [-0.05, 0) is 12.5 Å². The predicted molar refractivity (Wildman–Crippen MR) is 87.5 cm³/mol. The third-order valence-corrected chi connectivity index (χ3v) is 5.67. The second kappa shape index (κ2) is 5.86. The third kappa shape index (κ3) is 2.50. The van der Waals surface area contributed by atoms with Crippen molar-refractivity contribution in [1.29, 1.82) is 0 Å². The van der Waals surface area contributed by atoms with Crippen LogP contribution in [0.4, 0.5) is 8.78 Å². The molecule has 3 N–H and O–H groups in total. The summed E-state index contributed by atoms with van der Waals surface area (Å²) in [5, 5.41) is 7.13. The second-order valence-electron chi connectivity index (χ2n) is 6.07. The molecular formula is C16H16F2N4OS. The van der Waals surface area contributed by atoms with Gasteiger partial charge < -0.3 is 10.5 Å². The summed E-state index contributed by atoms with van der Waals surface area (Å²) in [6.07, 6.45) is 4.06. The first kappa shape index (κ1) is 15.6. The minimum atomic E-state index is -0.909. The number of aliphatic imine (C=N–C) groups is 1. The summed E-state index contributed by atoms with van der Waals surface area (Å²) in [4.78, 5) is 4.56. The lowest BCUT2D eigenvalue weighted by Gasteiger charge is -2.46. The van der Waals surface area contributed by atoms with Crippen molar-refractivity contribution in [2.45, 2.75) is 18.1 Å². The molecule has 8 heteroatoms. The van der Waals surface area contributed by atoms with Gasteiger partial charge in [0.05, 0.1) is 18.9 Å². The minimum absolute atomic E-state index is 0.0309. The van der Waals surface area contributed by atoms with Crippen molar-refractivity contribution in [3.8, 4) is 0 Å². The fourth-order valence-electron chi connectivity index (χ4n) is 3.48. The molecule has 2 aliphatic heterocycles. The molecule has 1 aromatic heterocycles. The van der Waals surface area contributed by atoms with Gasteiger partial charge >= 0.3 is 0 Å². The largest absolute Gasteiger partial charge is 0.379 e. The quantitative estimate of drug-likeness (QED) is 0.873. The number of H-pyrrole nitrogens is 1. The lowest BCUT2D eigenvalue weighted by Crippen LogP contribution is -2.48. The fraction of sp³-hybridized carbons (Fsp3) is 0.375. The van der Waals surface area contributed by atoms with Crippen LogP contribution in [0.1, 0.15) is 23.7 Å². The predicted octanol–water partition coefficient (Wildman–Crippen LogP) is 2.72. The standard InChI is InChI=1S/C16H16F2N4OS/c17-11-1-2-12(13(18)4-11)16-8-23-14(9-5-20-21-6-9)3-10(16)7-24-15(19)22-16/h1-2,4-6,10,14H,3,7-8H2,(H2,19,22)(H,20,21)/t10-,14+,16-/m0/s1. The first-order valence-electron chi connectivity index (χ1n) is 7.62. The van der Waals surface area contributed by atoms with Crippen molar-refractivity contribution in [2.24, 2.45) is 16.6 Å². The summed E-state index contributed by atoms with van der Waals surface area (Å²) in [5.41, 5.74) is 6.30. The van der Waals surface area contributed by atoms with Gasteiger partial charge in [0, 0.05) is 35.1 Å². The first-order chi connectivity index (χ1) is 11.6. The van der Waals surface area contributed by atoms with Crippen LogP contribution in [0.5, 0.6) is 0 Å². The molecule has 4 rings (SSSR count). The molecule has 0 bridgehead atoms. The number of thioether (sulfide) groups is 1. The van der Waals surface area contributed by atoms with Crippen LogP contribution in [0.15, 0.2) is 35.6 Å². The highest BCUT2D eigenvalue weighted by Crippen LogP contribution is 2.49. The fourth-order valence-corrected chi connectivity index (χ4v) is 4.49. The van der Waals surface area contributed by atoms with Gasteiger partial charge in [-0.2, -0.15) is 5.10 Å².